The van der Waals surface area contributed by atoms with Crippen molar-refractivity contribution in [3.05, 3.63) is 23.9 Å². The second-order valence-corrected chi connectivity index (χ2v) is 3.80. The van der Waals surface area contributed by atoms with Crippen LogP contribution >= 0.6 is 0 Å². The van der Waals surface area contributed by atoms with Crippen molar-refractivity contribution in [2.75, 3.05) is 18.0 Å². The first kappa shape index (κ1) is 13.3. The lowest BCUT2D eigenvalue weighted by Crippen LogP contribution is -2.26. The van der Waals surface area contributed by atoms with Crippen LogP contribution in [0.3, 0.4) is 0 Å². The van der Waals surface area contributed by atoms with Gasteiger partial charge in [-0.05, 0) is 25.5 Å². The van der Waals surface area contributed by atoms with Gasteiger partial charge < -0.3 is 15.8 Å². The first-order valence-electron chi connectivity index (χ1n) is 5.92. The van der Waals surface area contributed by atoms with Crippen LogP contribution in [-0.2, 0) is 0 Å². The Labute approximate surface area is 102 Å². The van der Waals surface area contributed by atoms with Crippen LogP contribution in [0.15, 0.2) is 23.4 Å². The lowest BCUT2D eigenvalue weighted by Gasteiger charge is -2.21. The van der Waals surface area contributed by atoms with E-state index in [0.29, 0.717) is 5.69 Å². The van der Waals surface area contributed by atoms with E-state index in [1.807, 2.05) is 12.1 Å². The third-order valence-corrected chi connectivity index (χ3v) is 2.59. The first-order valence-corrected chi connectivity index (χ1v) is 5.92. The van der Waals surface area contributed by atoms with Crippen LogP contribution in [-0.4, -0.2) is 29.1 Å². The molecule has 0 aliphatic heterocycles. The zero-order chi connectivity index (χ0) is 12.7. The third-order valence-electron chi connectivity index (χ3n) is 2.59. The van der Waals surface area contributed by atoms with E-state index in [0.717, 1.165) is 31.7 Å². The average Bonchev–Trinajstić information content (AvgIpc) is 2.39. The molecule has 0 aromatic carbocycles. The molecular formula is C12H20N4O. The summed E-state index contributed by atoms with van der Waals surface area (Å²) in [7, 11) is 0. The number of hydrogen-bond acceptors (Lipinski definition) is 4. The van der Waals surface area contributed by atoms with Crippen LogP contribution in [0, 0.1) is 0 Å². The standard InChI is InChI=1S/C12H20N4O/c1-3-5-9-16(4-2)11-8-6-7-10(14-11)12(13)15-17/h6-8,17H,3-5,9H2,1-2H3,(H2,13,15). The highest BCUT2D eigenvalue weighted by Gasteiger charge is 2.07. The van der Waals surface area contributed by atoms with Crippen molar-refractivity contribution in [3.8, 4) is 0 Å². The highest BCUT2D eigenvalue weighted by atomic mass is 16.4. The summed E-state index contributed by atoms with van der Waals surface area (Å²) in [4.78, 5) is 6.56. The minimum atomic E-state index is 0.0402. The van der Waals surface area contributed by atoms with Crippen molar-refractivity contribution >= 4 is 11.7 Å². The van der Waals surface area contributed by atoms with E-state index in [1.54, 1.807) is 6.07 Å². The molecule has 0 aliphatic carbocycles. The molecule has 1 aromatic rings. The number of hydrogen-bond donors (Lipinski definition) is 2. The molecule has 0 bridgehead atoms. The molecule has 5 nitrogen and oxygen atoms in total. The van der Waals surface area contributed by atoms with E-state index in [2.05, 4.69) is 28.9 Å². The normalized spacial score (nSPS) is 11.5. The number of oxime groups is 1. The zero-order valence-corrected chi connectivity index (χ0v) is 10.4. The number of amidine groups is 1. The molecule has 0 unspecified atom stereocenters. The monoisotopic (exact) mass is 236 g/mol. The van der Waals surface area contributed by atoms with Gasteiger partial charge in [-0.3, -0.25) is 0 Å². The number of nitrogens with two attached hydrogens (primary N) is 1. The molecule has 17 heavy (non-hydrogen) atoms. The van der Waals surface area contributed by atoms with Gasteiger partial charge in [-0.25, -0.2) is 4.98 Å². The van der Waals surface area contributed by atoms with Gasteiger partial charge >= 0.3 is 0 Å². The van der Waals surface area contributed by atoms with Gasteiger partial charge in [0.25, 0.3) is 0 Å². The molecular weight excluding hydrogens is 216 g/mol. The highest BCUT2D eigenvalue weighted by Crippen LogP contribution is 2.12. The van der Waals surface area contributed by atoms with E-state index in [1.165, 1.54) is 0 Å². The van der Waals surface area contributed by atoms with E-state index in [-0.39, 0.29) is 5.84 Å². The maximum atomic E-state index is 8.63. The predicted octanol–water partition coefficient (Wildman–Crippen LogP) is 1.80. The van der Waals surface area contributed by atoms with Crippen LogP contribution in [0.2, 0.25) is 0 Å². The Balaban J connectivity index is 2.88. The smallest absolute Gasteiger partial charge is 0.188 e. The number of nitrogens with zero attached hydrogens (tertiary/aromatic N) is 3. The molecule has 0 atom stereocenters. The Hall–Kier alpha value is -1.78. The van der Waals surface area contributed by atoms with Crippen molar-refractivity contribution in [3.63, 3.8) is 0 Å². The molecule has 94 valence electrons. The van der Waals surface area contributed by atoms with Gasteiger partial charge in [0, 0.05) is 13.1 Å². The zero-order valence-electron chi connectivity index (χ0n) is 10.4. The summed E-state index contributed by atoms with van der Waals surface area (Å²) in [5.74, 6) is 0.906. The Morgan fingerprint density at radius 1 is 1.47 bits per heavy atom. The molecule has 0 radical (unpaired) electrons. The van der Waals surface area contributed by atoms with Crippen molar-refractivity contribution in [2.45, 2.75) is 26.7 Å². The number of aromatic nitrogens is 1. The Bertz CT molecular complexity index is 379. The minimum Gasteiger partial charge on any atom is -0.409 e. The first-order chi connectivity index (χ1) is 8.22. The second kappa shape index (κ2) is 6.73. The number of pyridine rings is 1. The molecule has 0 spiro atoms. The van der Waals surface area contributed by atoms with Gasteiger partial charge in [-0.1, -0.05) is 24.6 Å². The lowest BCUT2D eigenvalue weighted by atomic mass is 10.3. The molecule has 0 aliphatic rings. The largest absolute Gasteiger partial charge is 0.409 e. The van der Waals surface area contributed by atoms with Crippen LogP contribution in [0.4, 0.5) is 5.82 Å². The fourth-order valence-electron chi connectivity index (χ4n) is 1.58. The minimum absolute atomic E-state index is 0.0402. The van der Waals surface area contributed by atoms with Crippen LogP contribution in [0.1, 0.15) is 32.4 Å². The number of unbranched alkanes of at least 4 members (excludes halogenated alkanes) is 1. The summed E-state index contributed by atoms with van der Waals surface area (Å²) in [6, 6.07) is 5.53. The van der Waals surface area contributed by atoms with E-state index < -0.39 is 0 Å². The van der Waals surface area contributed by atoms with Gasteiger partial charge in [-0.2, -0.15) is 0 Å². The topological polar surface area (TPSA) is 74.7 Å². The van der Waals surface area contributed by atoms with E-state index in [4.69, 9.17) is 10.9 Å². The van der Waals surface area contributed by atoms with Crippen LogP contribution in [0.5, 0.6) is 0 Å². The summed E-state index contributed by atoms with van der Waals surface area (Å²) in [6.07, 6.45) is 2.28. The molecule has 1 rings (SSSR count). The Morgan fingerprint density at radius 2 is 2.24 bits per heavy atom. The van der Waals surface area contributed by atoms with Gasteiger partial charge in [0.05, 0.1) is 0 Å². The van der Waals surface area contributed by atoms with E-state index in [9.17, 15) is 0 Å². The number of rotatable bonds is 6. The van der Waals surface area contributed by atoms with Crippen molar-refractivity contribution < 1.29 is 5.21 Å². The maximum absolute atomic E-state index is 8.63. The predicted molar refractivity (Wildman–Crippen MR) is 69.5 cm³/mol. The summed E-state index contributed by atoms with van der Waals surface area (Å²) in [5.41, 5.74) is 6.02. The summed E-state index contributed by atoms with van der Waals surface area (Å²) in [6.45, 7) is 6.12. The molecule has 0 amide bonds. The SMILES string of the molecule is CCCCN(CC)c1cccc(C(N)=NO)n1. The fraction of sp³-hybridized carbons (Fsp3) is 0.500. The molecule has 0 fully saturated rings. The van der Waals surface area contributed by atoms with Crippen LogP contribution in [0.25, 0.3) is 0 Å². The van der Waals surface area contributed by atoms with Gasteiger partial charge in [-0.15, -0.1) is 0 Å². The fourth-order valence-corrected chi connectivity index (χ4v) is 1.58. The van der Waals surface area contributed by atoms with Gasteiger partial charge in [0.15, 0.2) is 5.84 Å². The van der Waals surface area contributed by atoms with Crippen molar-refractivity contribution in [2.24, 2.45) is 10.9 Å². The van der Waals surface area contributed by atoms with Gasteiger partial charge in [0.1, 0.15) is 11.5 Å². The lowest BCUT2D eigenvalue weighted by molar-refractivity contribution is 0.318. The maximum Gasteiger partial charge on any atom is 0.188 e. The third kappa shape index (κ3) is 3.62. The Kier molecular flexibility index (Phi) is 5.26. The summed E-state index contributed by atoms with van der Waals surface area (Å²) in [5, 5.41) is 11.6. The molecule has 1 aromatic heterocycles. The van der Waals surface area contributed by atoms with Crippen molar-refractivity contribution in [1.29, 1.82) is 0 Å². The average molecular weight is 236 g/mol. The highest BCUT2D eigenvalue weighted by molar-refractivity contribution is 5.95. The van der Waals surface area contributed by atoms with Gasteiger partial charge in [0.2, 0.25) is 0 Å². The Morgan fingerprint density at radius 3 is 2.82 bits per heavy atom. The summed E-state index contributed by atoms with van der Waals surface area (Å²) < 4.78 is 0. The molecule has 3 N–H and O–H groups in total. The molecule has 0 saturated heterocycles. The number of anilines is 1. The quantitative estimate of drug-likeness (QED) is 0.342. The van der Waals surface area contributed by atoms with Crippen molar-refractivity contribution in [1.82, 2.24) is 4.98 Å². The second-order valence-electron chi connectivity index (χ2n) is 3.80. The molecule has 1 heterocycles. The molecule has 5 heteroatoms. The molecule has 0 saturated carbocycles. The van der Waals surface area contributed by atoms with E-state index >= 15 is 0 Å². The van der Waals surface area contributed by atoms with Crippen LogP contribution < -0.4 is 10.6 Å². The summed E-state index contributed by atoms with van der Waals surface area (Å²) >= 11 is 0.